The van der Waals surface area contributed by atoms with E-state index in [4.69, 9.17) is 9.47 Å². The van der Waals surface area contributed by atoms with Crippen molar-refractivity contribution in [3.8, 4) is 0 Å². The van der Waals surface area contributed by atoms with Gasteiger partial charge in [0.25, 0.3) is 0 Å². The lowest BCUT2D eigenvalue weighted by Crippen LogP contribution is -2.25. The van der Waals surface area contributed by atoms with Gasteiger partial charge in [0, 0.05) is 17.4 Å². The number of nitrogens with zero attached hydrogens (tertiary/aromatic N) is 3. The van der Waals surface area contributed by atoms with Crippen molar-refractivity contribution in [3.63, 3.8) is 0 Å². The molecule has 0 aliphatic rings. The third kappa shape index (κ3) is 3.95. The zero-order valence-corrected chi connectivity index (χ0v) is 18.7. The van der Waals surface area contributed by atoms with E-state index in [0.717, 1.165) is 0 Å². The minimum absolute atomic E-state index is 0.0688. The van der Waals surface area contributed by atoms with E-state index in [1.165, 1.54) is 14.0 Å². The first kappa shape index (κ1) is 22.2. The zero-order chi connectivity index (χ0) is 23.0. The number of pyridine rings is 1. The summed E-state index contributed by atoms with van der Waals surface area (Å²) in [6.07, 6.45) is 0.504. The maximum Gasteiger partial charge on any atom is 0.339 e. The van der Waals surface area contributed by atoms with Crippen molar-refractivity contribution in [1.82, 2.24) is 19.7 Å². The second-order valence-electron chi connectivity index (χ2n) is 7.76. The third-order valence-corrected chi connectivity index (χ3v) is 5.13. The number of hydrogen-bond acceptors (Lipinski definition) is 7. The van der Waals surface area contributed by atoms with Gasteiger partial charge in [0.05, 0.1) is 35.5 Å². The monoisotopic (exact) mass is 426 g/mol. The van der Waals surface area contributed by atoms with Crippen molar-refractivity contribution in [2.75, 3.05) is 7.11 Å². The molecule has 0 amide bonds. The van der Waals surface area contributed by atoms with Crippen LogP contribution in [0.25, 0.3) is 11.0 Å². The van der Waals surface area contributed by atoms with Gasteiger partial charge in [-0.1, -0.05) is 0 Å². The van der Waals surface area contributed by atoms with Crippen molar-refractivity contribution in [3.05, 3.63) is 46.0 Å². The summed E-state index contributed by atoms with van der Waals surface area (Å²) >= 11 is 0. The fourth-order valence-electron chi connectivity index (χ4n) is 3.58. The van der Waals surface area contributed by atoms with Crippen LogP contribution in [0.3, 0.4) is 0 Å². The number of carbonyl (C=O) groups excluding carboxylic acids is 3. The highest BCUT2D eigenvalue weighted by Crippen LogP contribution is 2.24. The lowest BCUT2D eigenvalue weighted by atomic mass is 10.1. The smallest absolute Gasteiger partial charge is 0.339 e. The number of ketones is 1. The Bertz CT molecular complexity index is 1190. The number of rotatable bonds is 6. The Hall–Kier alpha value is -3.49. The van der Waals surface area contributed by atoms with Gasteiger partial charge in [0.15, 0.2) is 11.8 Å². The summed E-state index contributed by atoms with van der Waals surface area (Å²) in [4.78, 5) is 45.2. The van der Waals surface area contributed by atoms with Gasteiger partial charge < -0.3 is 14.5 Å². The SMILES string of the molecule is COC(=O)c1c(C)[nH]c(C(=O)[C@H](C)OC(=O)c2cc(C)nc3c2cnn3C(C)C)c1C. The lowest BCUT2D eigenvalue weighted by Gasteiger charge is -2.13. The van der Waals surface area contributed by atoms with Crippen molar-refractivity contribution in [1.29, 1.82) is 0 Å². The number of esters is 2. The molecular weight excluding hydrogens is 400 g/mol. The van der Waals surface area contributed by atoms with E-state index in [9.17, 15) is 14.4 Å². The first-order valence-corrected chi connectivity index (χ1v) is 9.94. The number of hydrogen-bond donors (Lipinski definition) is 1. The molecule has 1 atom stereocenters. The highest BCUT2D eigenvalue weighted by molar-refractivity contribution is 6.06. The fourth-order valence-corrected chi connectivity index (χ4v) is 3.58. The highest BCUT2D eigenvalue weighted by atomic mass is 16.5. The Labute approximate surface area is 179 Å². The topological polar surface area (TPSA) is 116 Å². The molecule has 0 aliphatic heterocycles. The molecule has 0 unspecified atom stereocenters. The molecule has 0 spiro atoms. The van der Waals surface area contributed by atoms with E-state index in [1.807, 2.05) is 13.8 Å². The minimum Gasteiger partial charge on any atom is -0.465 e. The summed E-state index contributed by atoms with van der Waals surface area (Å²) in [6.45, 7) is 10.5. The number of ether oxygens (including phenoxy) is 2. The number of carbonyl (C=O) groups is 3. The maximum absolute atomic E-state index is 12.9. The zero-order valence-electron chi connectivity index (χ0n) is 18.7. The highest BCUT2D eigenvalue weighted by Gasteiger charge is 2.28. The summed E-state index contributed by atoms with van der Waals surface area (Å²) in [5, 5.41) is 4.88. The Morgan fingerprint density at radius 1 is 1.10 bits per heavy atom. The van der Waals surface area contributed by atoms with Gasteiger partial charge in [0.1, 0.15) is 0 Å². The Kier molecular flexibility index (Phi) is 5.97. The fraction of sp³-hybridized carbons (Fsp3) is 0.409. The molecule has 0 aliphatic carbocycles. The van der Waals surface area contributed by atoms with Gasteiger partial charge in [-0.25, -0.2) is 19.3 Å². The van der Waals surface area contributed by atoms with Crippen LogP contribution in [0.4, 0.5) is 0 Å². The molecule has 0 fully saturated rings. The van der Waals surface area contributed by atoms with E-state index in [0.29, 0.717) is 39.1 Å². The van der Waals surface area contributed by atoms with Crippen LogP contribution in [0.1, 0.15) is 75.0 Å². The number of Topliss-reactive ketones (excluding diaryl/α,β-unsaturated/α-hetero) is 1. The number of aryl methyl sites for hydroxylation is 2. The number of nitrogens with one attached hydrogen (secondary N) is 1. The van der Waals surface area contributed by atoms with E-state index in [1.54, 1.807) is 37.7 Å². The molecule has 0 bridgehead atoms. The van der Waals surface area contributed by atoms with Gasteiger partial charge in [0.2, 0.25) is 5.78 Å². The molecular formula is C22H26N4O5. The molecule has 3 heterocycles. The number of H-pyrrole nitrogens is 1. The molecule has 3 rings (SSSR count). The predicted octanol–water partition coefficient (Wildman–Crippen LogP) is 3.48. The van der Waals surface area contributed by atoms with E-state index in [-0.39, 0.29) is 11.7 Å². The van der Waals surface area contributed by atoms with Gasteiger partial charge >= 0.3 is 11.9 Å². The second kappa shape index (κ2) is 8.33. The Balaban J connectivity index is 1.90. The number of fused-ring (bicyclic) bond motifs is 1. The van der Waals surface area contributed by atoms with Gasteiger partial charge in [-0.15, -0.1) is 0 Å². The van der Waals surface area contributed by atoms with E-state index in [2.05, 4.69) is 15.1 Å². The summed E-state index contributed by atoms with van der Waals surface area (Å²) in [5.74, 6) is -1.62. The average molecular weight is 426 g/mol. The van der Waals surface area contributed by atoms with Crippen molar-refractivity contribution in [2.24, 2.45) is 0 Å². The number of methoxy groups -OCH3 is 1. The van der Waals surface area contributed by atoms with Crippen LogP contribution in [-0.2, 0) is 9.47 Å². The van der Waals surface area contributed by atoms with Crippen LogP contribution in [-0.4, -0.2) is 50.7 Å². The van der Waals surface area contributed by atoms with Crippen molar-refractivity contribution in [2.45, 2.75) is 53.7 Å². The van der Waals surface area contributed by atoms with Crippen LogP contribution in [0.5, 0.6) is 0 Å². The minimum atomic E-state index is -1.07. The molecule has 0 aromatic carbocycles. The quantitative estimate of drug-likeness (QED) is 0.474. The largest absolute Gasteiger partial charge is 0.465 e. The number of aromatic amines is 1. The van der Waals surface area contributed by atoms with Crippen LogP contribution in [0.2, 0.25) is 0 Å². The van der Waals surface area contributed by atoms with Crippen LogP contribution < -0.4 is 0 Å². The van der Waals surface area contributed by atoms with Crippen molar-refractivity contribution >= 4 is 28.8 Å². The maximum atomic E-state index is 12.9. The molecule has 9 nitrogen and oxygen atoms in total. The van der Waals surface area contributed by atoms with Gasteiger partial charge in [-0.05, 0) is 53.2 Å². The molecule has 0 saturated heterocycles. The summed E-state index contributed by atoms with van der Waals surface area (Å²) < 4.78 is 12.0. The van der Waals surface area contributed by atoms with Crippen LogP contribution in [0.15, 0.2) is 12.3 Å². The van der Waals surface area contributed by atoms with Crippen LogP contribution in [0, 0.1) is 20.8 Å². The first-order chi connectivity index (χ1) is 14.6. The number of aromatic nitrogens is 4. The van der Waals surface area contributed by atoms with Gasteiger partial charge in [-0.3, -0.25) is 4.79 Å². The molecule has 0 saturated carbocycles. The first-order valence-electron chi connectivity index (χ1n) is 9.94. The third-order valence-electron chi connectivity index (χ3n) is 5.13. The molecule has 1 N–H and O–H groups in total. The normalized spacial score (nSPS) is 12.3. The van der Waals surface area contributed by atoms with E-state index < -0.39 is 23.8 Å². The summed E-state index contributed by atoms with van der Waals surface area (Å²) in [7, 11) is 1.28. The molecule has 9 heteroatoms. The average Bonchev–Trinajstić information content (AvgIpc) is 3.26. The van der Waals surface area contributed by atoms with Crippen LogP contribution >= 0.6 is 0 Å². The molecule has 3 aromatic rings. The Morgan fingerprint density at radius 2 is 1.77 bits per heavy atom. The van der Waals surface area contributed by atoms with Gasteiger partial charge in [-0.2, -0.15) is 5.10 Å². The molecule has 0 radical (unpaired) electrons. The standard InChI is InChI=1S/C22H26N4O5/c1-10(2)26-20-16(9-23-26)15(8-11(3)24-20)21(28)31-14(6)19(27)18-12(4)17(13(5)25-18)22(29)30-7/h8-10,14,25H,1-7H3/t14-/m0/s1. The Morgan fingerprint density at radius 3 is 2.39 bits per heavy atom. The van der Waals surface area contributed by atoms with Crippen molar-refractivity contribution < 1.29 is 23.9 Å². The molecule has 3 aromatic heterocycles. The molecule has 31 heavy (non-hydrogen) atoms. The second-order valence-corrected chi connectivity index (χ2v) is 7.76. The lowest BCUT2D eigenvalue weighted by molar-refractivity contribution is 0.0318. The summed E-state index contributed by atoms with van der Waals surface area (Å²) in [5.41, 5.74) is 3.00. The molecule has 164 valence electrons. The van der Waals surface area contributed by atoms with E-state index >= 15 is 0 Å². The predicted molar refractivity (Wildman–Crippen MR) is 113 cm³/mol. The summed E-state index contributed by atoms with van der Waals surface area (Å²) in [6, 6.07) is 1.69.